The number of benzene rings is 1. The first kappa shape index (κ1) is 20.4. The molecule has 0 spiro atoms. The van der Waals surface area contributed by atoms with Crippen LogP contribution in [0.4, 0.5) is 10.5 Å². The number of urea groups is 1. The van der Waals surface area contributed by atoms with Crippen LogP contribution in [0.25, 0.3) is 11.4 Å². The Morgan fingerprint density at radius 1 is 1.26 bits per heavy atom. The molecule has 3 atom stereocenters. The highest BCUT2D eigenvalue weighted by atomic mass is 32.2. The quantitative estimate of drug-likeness (QED) is 0.372. The molecule has 8 nitrogen and oxygen atoms in total. The molecule has 3 heterocycles. The van der Waals surface area contributed by atoms with Crippen molar-refractivity contribution >= 4 is 29.4 Å². The van der Waals surface area contributed by atoms with Crippen LogP contribution in [0.5, 0.6) is 0 Å². The van der Waals surface area contributed by atoms with Crippen molar-refractivity contribution in [1.82, 2.24) is 25.8 Å². The number of H-pyrrole nitrogens is 1. The van der Waals surface area contributed by atoms with Gasteiger partial charge in [0, 0.05) is 28.9 Å². The number of nitrogens with zero attached hydrogens (tertiary/aromatic N) is 2. The lowest BCUT2D eigenvalue weighted by atomic mass is 10.0. The third kappa shape index (κ3) is 4.56. The summed E-state index contributed by atoms with van der Waals surface area (Å²) in [6.45, 7) is 2.03. The van der Waals surface area contributed by atoms with Crippen LogP contribution < -0.4 is 16.0 Å². The summed E-state index contributed by atoms with van der Waals surface area (Å²) in [4.78, 5) is 28.7. The zero-order valence-electron chi connectivity index (χ0n) is 17.6. The smallest absolute Gasteiger partial charge is 0.315 e. The van der Waals surface area contributed by atoms with Crippen LogP contribution in [0.1, 0.15) is 55.8 Å². The molecule has 0 unspecified atom stereocenters. The zero-order chi connectivity index (χ0) is 21.4. The fraction of sp³-hybridized carbons (Fsp3) is 0.545. The number of unbranched alkanes of at least 4 members (excludes halogenated alkanes) is 1. The number of aromatic nitrogens is 3. The number of amides is 3. The molecule has 1 saturated carbocycles. The van der Waals surface area contributed by atoms with Gasteiger partial charge in [0.25, 0.3) is 0 Å². The summed E-state index contributed by atoms with van der Waals surface area (Å²) in [6.07, 6.45) is 5.61. The number of carbonyl (C=O) groups is 2. The van der Waals surface area contributed by atoms with Crippen LogP contribution in [0.15, 0.2) is 18.2 Å². The Balaban J connectivity index is 1.14. The maximum absolute atomic E-state index is 12.6. The SMILES string of the molecule is Cc1ccc(NC(=O)CCCC[C@@H]2SC[C@@H]3NC(=O)N[C@@H]32)c(-c2n[nH]c(C3CC3)n2)c1. The minimum atomic E-state index is -0.0516. The maximum Gasteiger partial charge on any atom is 0.315 e. The summed E-state index contributed by atoms with van der Waals surface area (Å²) in [5.74, 6) is 3.06. The van der Waals surface area contributed by atoms with E-state index in [1.165, 1.54) is 0 Å². The first-order valence-corrected chi connectivity index (χ1v) is 12.1. The highest BCUT2D eigenvalue weighted by Crippen LogP contribution is 2.39. The van der Waals surface area contributed by atoms with Crippen molar-refractivity contribution in [2.45, 2.75) is 68.7 Å². The molecule has 2 saturated heterocycles. The number of rotatable bonds is 8. The summed E-state index contributed by atoms with van der Waals surface area (Å²) in [6, 6.07) is 6.37. The molecule has 3 aliphatic rings. The van der Waals surface area contributed by atoms with E-state index in [0.29, 0.717) is 23.4 Å². The van der Waals surface area contributed by atoms with Crippen molar-refractivity contribution in [2.24, 2.45) is 0 Å². The van der Waals surface area contributed by atoms with E-state index in [4.69, 9.17) is 0 Å². The van der Waals surface area contributed by atoms with Gasteiger partial charge in [-0.1, -0.05) is 18.1 Å². The predicted octanol–water partition coefficient (Wildman–Crippen LogP) is 3.32. The largest absolute Gasteiger partial charge is 0.332 e. The lowest BCUT2D eigenvalue weighted by Crippen LogP contribution is -2.36. The Bertz CT molecular complexity index is 988. The van der Waals surface area contributed by atoms with Crippen LogP contribution in [0, 0.1) is 6.92 Å². The molecule has 5 rings (SSSR count). The Labute approximate surface area is 185 Å². The minimum Gasteiger partial charge on any atom is -0.332 e. The van der Waals surface area contributed by atoms with E-state index in [2.05, 4.69) is 31.1 Å². The fourth-order valence-electron chi connectivity index (χ4n) is 4.37. The number of hydrogen-bond donors (Lipinski definition) is 4. The highest BCUT2D eigenvalue weighted by molar-refractivity contribution is 8.00. The van der Waals surface area contributed by atoms with Gasteiger partial charge < -0.3 is 16.0 Å². The predicted molar refractivity (Wildman–Crippen MR) is 121 cm³/mol. The maximum atomic E-state index is 12.6. The Morgan fingerprint density at radius 3 is 2.97 bits per heavy atom. The van der Waals surface area contributed by atoms with Crippen LogP contribution in [0.2, 0.25) is 0 Å². The van der Waals surface area contributed by atoms with E-state index in [9.17, 15) is 9.59 Å². The van der Waals surface area contributed by atoms with Crippen molar-refractivity contribution in [3.63, 3.8) is 0 Å². The molecule has 1 aromatic carbocycles. The van der Waals surface area contributed by atoms with Gasteiger partial charge in [-0.05, 0) is 44.7 Å². The van der Waals surface area contributed by atoms with Gasteiger partial charge in [-0.15, -0.1) is 0 Å². The number of thioether (sulfide) groups is 1. The third-order valence-electron chi connectivity index (χ3n) is 6.24. The lowest BCUT2D eigenvalue weighted by Gasteiger charge is -2.16. The highest BCUT2D eigenvalue weighted by Gasteiger charge is 2.42. The second-order valence-electron chi connectivity index (χ2n) is 8.78. The number of carbonyl (C=O) groups excluding carboxylic acids is 2. The lowest BCUT2D eigenvalue weighted by molar-refractivity contribution is -0.116. The normalized spacial score (nSPS) is 24.5. The molecule has 1 aromatic heterocycles. The standard InChI is InChI=1S/C22H28N6O2S/c1-12-6-9-15(14(10-12)21-26-20(27-28-21)13-7-8-13)23-18(29)5-3-2-4-17-19-16(11-31-17)24-22(30)25-19/h6,9-10,13,16-17,19H,2-5,7-8,11H2,1H3,(H,23,29)(H2,24,25,30)(H,26,27,28)/t16-,17-,19-/m0/s1. The van der Waals surface area contributed by atoms with Crippen molar-refractivity contribution < 1.29 is 9.59 Å². The molecule has 3 amide bonds. The summed E-state index contributed by atoms with van der Waals surface area (Å²) < 4.78 is 0. The summed E-state index contributed by atoms with van der Waals surface area (Å²) >= 11 is 1.91. The van der Waals surface area contributed by atoms with Crippen molar-refractivity contribution in [3.05, 3.63) is 29.6 Å². The van der Waals surface area contributed by atoms with Gasteiger partial charge in [0.15, 0.2) is 5.82 Å². The molecule has 3 fully saturated rings. The van der Waals surface area contributed by atoms with Crippen molar-refractivity contribution in [1.29, 1.82) is 0 Å². The van der Waals surface area contributed by atoms with Crippen LogP contribution in [-0.2, 0) is 4.79 Å². The van der Waals surface area contributed by atoms with E-state index in [0.717, 1.165) is 60.5 Å². The van der Waals surface area contributed by atoms with E-state index in [1.807, 2.05) is 36.9 Å². The molecular formula is C22H28N6O2S. The number of hydrogen-bond acceptors (Lipinski definition) is 5. The Hall–Kier alpha value is -2.55. The van der Waals surface area contributed by atoms with Crippen LogP contribution in [0.3, 0.4) is 0 Å². The molecule has 164 valence electrons. The van der Waals surface area contributed by atoms with Gasteiger partial charge in [0.2, 0.25) is 5.91 Å². The molecule has 9 heteroatoms. The topological polar surface area (TPSA) is 112 Å². The van der Waals surface area contributed by atoms with E-state index >= 15 is 0 Å². The van der Waals surface area contributed by atoms with Crippen LogP contribution in [-0.4, -0.2) is 50.2 Å². The molecule has 4 N–H and O–H groups in total. The third-order valence-corrected chi connectivity index (χ3v) is 7.75. The van der Waals surface area contributed by atoms with Crippen molar-refractivity contribution in [2.75, 3.05) is 11.1 Å². The van der Waals surface area contributed by atoms with Gasteiger partial charge in [-0.2, -0.15) is 16.9 Å². The van der Waals surface area contributed by atoms with Gasteiger partial charge in [0.05, 0.1) is 17.8 Å². The zero-order valence-corrected chi connectivity index (χ0v) is 18.4. The Kier molecular flexibility index (Phi) is 5.60. The average Bonchev–Trinajstić information content (AvgIpc) is 3.18. The average molecular weight is 441 g/mol. The second kappa shape index (κ2) is 8.53. The second-order valence-corrected chi connectivity index (χ2v) is 10.1. The first-order chi connectivity index (χ1) is 15.1. The summed E-state index contributed by atoms with van der Waals surface area (Å²) in [5.41, 5.74) is 2.71. The van der Waals surface area contributed by atoms with Gasteiger partial charge in [0.1, 0.15) is 5.82 Å². The number of aryl methyl sites for hydroxylation is 1. The molecular weight excluding hydrogens is 412 g/mol. The fourth-order valence-corrected chi connectivity index (χ4v) is 5.92. The molecule has 1 aliphatic carbocycles. The molecule has 2 aliphatic heterocycles. The summed E-state index contributed by atoms with van der Waals surface area (Å²) in [7, 11) is 0. The van der Waals surface area contributed by atoms with Crippen LogP contribution >= 0.6 is 11.8 Å². The molecule has 2 aromatic rings. The number of nitrogens with one attached hydrogen (secondary N) is 4. The van der Waals surface area contributed by atoms with Gasteiger partial charge in [-0.25, -0.2) is 9.78 Å². The Morgan fingerprint density at radius 2 is 2.13 bits per heavy atom. The van der Waals surface area contributed by atoms with Gasteiger partial charge in [-0.3, -0.25) is 9.89 Å². The summed E-state index contributed by atoms with van der Waals surface area (Å²) in [5, 5.41) is 16.9. The molecule has 0 radical (unpaired) electrons. The monoisotopic (exact) mass is 440 g/mol. The number of aromatic amines is 1. The van der Waals surface area contributed by atoms with E-state index in [-0.39, 0.29) is 24.0 Å². The van der Waals surface area contributed by atoms with Gasteiger partial charge >= 0.3 is 6.03 Å². The van der Waals surface area contributed by atoms with Crippen molar-refractivity contribution in [3.8, 4) is 11.4 Å². The minimum absolute atomic E-state index is 0.0100. The number of fused-ring (bicyclic) bond motifs is 1. The number of anilines is 1. The first-order valence-electron chi connectivity index (χ1n) is 11.1. The molecule has 0 bridgehead atoms. The van der Waals surface area contributed by atoms with E-state index < -0.39 is 0 Å². The molecule has 31 heavy (non-hydrogen) atoms. The van der Waals surface area contributed by atoms with E-state index in [1.54, 1.807) is 0 Å².